The smallest absolute Gasteiger partial charge is 0.289 e. The Balaban J connectivity index is 1.77. The quantitative estimate of drug-likeness (QED) is 0.651. The summed E-state index contributed by atoms with van der Waals surface area (Å²) in [4.78, 5) is 25.5. The van der Waals surface area contributed by atoms with Crippen LogP contribution in [0.5, 0.6) is 5.75 Å². The van der Waals surface area contributed by atoms with Crippen LogP contribution in [0.3, 0.4) is 0 Å². The van der Waals surface area contributed by atoms with Gasteiger partial charge in [0, 0.05) is 16.6 Å². The minimum Gasteiger partial charge on any atom is -0.489 e. The first-order valence-corrected chi connectivity index (χ1v) is 9.83. The molecule has 0 radical (unpaired) electrons. The van der Waals surface area contributed by atoms with E-state index in [9.17, 15) is 14.0 Å². The standard InChI is InChI=1S/C19H17BrFNO3S/c1-2-22-18(23)17(26-19(22)24)10-13-9-14(20)7-8-16(13)25-11-12-5-3-4-6-15(12)21/h3-9,17H,2,10-11H2,1H3/t17-/m0/s1. The number of hydrogen-bond donors (Lipinski definition) is 0. The molecule has 1 saturated heterocycles. The molecule has 0 N–H and O–H groups in total. The number of carbonyl (C=O) groups is 2. The molecule has 2 aromatic carbocycles. The Hall–Kier alpha value is -1.86. The Bertz CT molecular complexity index is 845. The average Bonchev–Trinajstić information content (AvgIpc) is 2.88. The first-order valence-electron chi connectivity index (χ1n) is 8.16. The number of carbonyl (C=O) groups excluding carboxylic acids is 2. The number of benzene rings is 2. The van der Waals surface area contributed by atoms with E-state index in [0.29, 0.717) is 24.3 Å². The van der Waals surface area contributed by atoms with Crippen LogP contribution in [-0.4, -0.2) is 27.8 Å². The molecule has 7 heteroatoms. The molecular formula is C19H17BrFNO3S. The summed E-state index contributed by atoms with van der Waals surface area (Å²) in [5.74, 6) is 0.0756. The molecule has 0 saturated carbocycles. The summed E-state index contributed by atoms with van der Waals surface area (Å²) in [5, 5.41) is -0.682. The van der Waals surface area contributed by atoms with Crippen molar-refractivity contribution in [3.8, 4) is 5.75 Å². The summed E-state index contributed by atoms with van der Waals surface area (Å²) in [6.07, 6.45) is 0.373. The summed E-state index contributed by atoms with van der Waals surface area (Å²) in [7, 11) is 0. The van der Waals surface area contributed by atoms with E-state index in [1.165, 1.54) is 11.0 Å². The fraction of sp³-hybridized carbons (Fsp3) is 0.263. The van der Waals surface area contributed by atoms with Crippen LogP contribution in [0.2, 0.25) is 0 Å². The zero-order valence-corrected chi connectivity index (χ0v) is 16.5. The number of ether oxygens (including phenoxy) is 1. The van der Waals surface area contributed by atoms with Crippen LogP contribution in [-0.2, 0) is 17.8 Å². The Morgan fingerprint density at radius 2 is 1.96 bits per heavy atom. The van der Waals surface area contributed by atoms with Gasteiger partial charge in [-0.3, -0.25) is 14.5 Å². The Labute approximate surface area is 163 Å². The predicted molar refractivity (Wildman–Crippen MR) is 103 cm³/mol. The van der Waals surface area contributed by atoms with Crippen molar-refractivity contribution in [3.05, 3.63) is 63.9 Å². The maximum Gasteiger partial charge on any atom is 0.289 e. The molecule has 0 aliphatic carbocycles. The maximum absolute atomic E-state index is 13.8. The van der Waals surface area contributed by atoms with Crippen molar-refractivity contribution < 1.29 is 18.7 Å². The lowest BCUT2D eigenvalue weighted by Gasteiger charge is -2.15. The summed E-state index contributed by atoms with van der Waals surface area (Å²) < 4.78 is 20.4. The normalized spacial score (nSPS) is 17.0. The molecule has 26 heavy (non-hydrogen) atoms. The molecule has 1 fully saturated rings. The highest BCUT2D eigenvalue weighted by molar-refractivity contribution is 9.10. The summed E-state index contributed by atoms with van der Waals surface area (Å²) in [6, 6.07) is 11.9. The molecule has 0 aromatic heterocycles. The molecule has 3 rings (SSSR count). The molecule has 2 aromatic rings. The largest absolute Gasteiger partial charge is 0.489 e. The molecule has 1 aliphatic rings. The topological polar surface area (TPSA) is 46.6 Å². The van der Waals surface area contributed by atoms with Gasteiger partial charge in [0.25, 0.3) is 5.24 Å². The van der Waals surface area contributed by atoms with E-state index in [2.05, 4.69) is 15.9 Å². The minimum absolute atomic E-state index is 0.0904. The van der Waals surface area contributed by atoms with Crippen molar-refractivity contribution in [2.75, 3.05) is 6.54 Å². The maximum atomic E-state index is 13.8. The van der Waals surface area contributed by atoms with Gasteiger partial charge in [0.15, 0.2) is 0 Å². The number of nitrogens with zero attached hydrogens (tertiary/aromatic N) is 1. The first kappa shape index (κ1) is 18.9. The third-order valence-corrected chi connectivity index (χ3v) is 5.66. The van der Waals surface area contributed by atoms with Crippen LogP contribution in [0, 0.1) is 5.82 Å². The zero-order valence-electron chi connectivity index (χ0n) is 14.1. The number of amides is 2. The number of thioether (sulfide) groups is 1. The lowest BCUT2D eigenvalue weighted by Crippen LogP contribution is -2.31. The highest BCUT2D eigenvalue weighted by Crippen LogP contribution is 2.33. The number of hydrogen-bond acceptors (Lipinski definition) is 4. The highest BCUT2D eigenvalue weighted by atomic mass is 79.9. The molecule has 4 nitrogen and oxygen atoms in total. The zero-order chi connectivity index (χ0) is 18.7. The third kappa shape index (κ3) is 4.10. The van der Waals surface area contributed by atoms with Crippen LogP contribution >= 0.6 is 27.7 Å². The van der Waals surface area contributed by atoms with E-state index in [1.807, 2.05) is 12.1 Å². The number of halogens is 2. The summed E-state index contributed by atoms with van der Waals surface area (Å²) in [6.45, 7) is 2.24. The van der Waals surface area contributed by atoms with Gasteiger partial charge < -0.3 is 4.74 Å². The molecule has 0 spiro atoms. The molecule has 0 bridgehead atoms. The van der Waals surface area contributed by atoms with Gasteiger partial charge in [-0.25, -0.2) is 4.39 Å². The predicted octanol–water partition coefficient (Wildman–Crippen LogP) is 4.79. The van der Waals surface area contributed by atoms with Crippen molar-refractivity contribution in [2.24, 2.45) is 0 Å². The van der Waals surface area contributed by atoms with Gasteiger partial charge in [0.05, 0.1) is 5.25 Å². The van der Waals surface area contributed by atoms with Crippen LogP contribution in [0.4, 0.5) is 9.18 Å². The molecule has 1 atom stereocenters. The third-order valence-electron chi connectivity index (χ3n) is 4.09. The second-order valence-corrected chi connectivity index (χ2v) is 7.86. The van der Waals surface area contributed by atoms with Crippen molar-refractivity contribution in [1.29, 1.82) is 0 Å². The van der Waals surface area contributed by atoms with E-state index in [0.717, 1.165) is 21.8 Å². The van der Waals surface area contributed by atoms with Gasteiger partial charge in [0.1, 0.15) is 18.2 Å². The van der Waals surface area contributed by atoms with Gasteiger partial charge in [-0.05, 0) is 43.2 Å². The van der Waals surface area contributed by atoms with Crippen LogP contribution < -0.4 is 4.74 Å². The Kier molecular flexibility index (Phi) is 5.98. The molecule has 136 valence electrons. The number of rotatable bonds is 6. The Morgan fingerprint density at radius 1 is 1.19 bits per heavy atom. The number of imide groups is 1. The fourth-order valence-corrected chi connectivity index (χ4v) is 4.22. The van der Waals surface area contributed by atoms with Gasteiger partial charge in [0.2, 0.25) is 5.91 Å². The van der Waals surface area contributed by atoms with E-state index >= 15 is 0 Å². The van der Waals surface area contributed by atoms with Gasteiger partial charge in [-0.2, -0.15) is 0 Å². The van der Waals surface area contributed by atoms with E-state index in [4.69, 9.17) is 4.74 Å². The molecule has 0 unspecified atom stereocenters. The SMILES string of the molecule is CCN1C(=O)S[C@@H](Cc2cc(Br)ccc2OCc2ccccc2F)C1=O. The van der Waals surface area contributed by atoms with Gasteiger partial charge in [-0.1, -0.05) is 45.9 Å². The molecular weight excluding hydrogens is 421 g/mol. The summed E-state index contributed by atoms with van der Waals surface area (Å²) >= 11 is 4.46. The van der Waals surface area contributed by atoms with Crippen molar-refractivity contribution in [3.63, 3.8) is 0 Å². The molecule has 1 heterocycles. The average molecular weight is 438 g/mol. The molecule has 1 aliphatic heterocycles. The second kappa shape index (κ2) is 8.22. The van der Waals surface area contributed by atoms with Gasteiger partial charge >= 0.3 is 0 Å². The van der Waals surface area contributed by atoms with Crippen LogP contribution in [0.1, 0.15) is 18.1 Å². The monoisotopic (exact) mass is 437 g/mol. The van der Waals surface area contributed by atoms with Gasteiger partial charge in [-0.15, -0.1) is 0 Å². The van der Waals surface area contributed by atoms with Crippen molar-refractivity contribution in [1.82, 2.24) is 4.90 Å². The van der Waals surface area contributed by atoms with Crippen molar-refractivity contribution in [2.45, 2.75) is 25.2 Å². The second-order valence-electron chi connectivity index (χ2n) is 5.79. The fourth-order valence-electron chi connectivity index (χ4n) is 2.73. The minimum atomic E-state index is -0.465. The lowest BCUT2D eigenvalue weighted by molar-refractivity contribution is -0.126. The van der Waals surface area contributed by atoms with Crippen LogP contribution in [0.15, 0.2) is 46.9 Å². The molecule has 2 amide bonds. The van der Waals surface area contributed by atoms with Crippen molar-refractivity contribution >= 4 is 38.8 Å². The first-order chi connectivity index (χ1) is 12.5. The highest BCUT2D eigenvalue weighted by Gasteiger charge is 2.38. The van der Waals surface area contributed by atoms with E-state index < -0.39 is 5.25 Å². The van der Waals surface area contributed by atoms with Crippen LogP contribution in [0.25, 0.3) is 0 Å². The van der Waals surface area contributed by atoms with E-state index in [-0.39, 0.29) is 23.6 Å². The lowest BCUT2D eigenvalue weighted by atomic mass is 10.1. The summed E-state index contributed by atoms with van der Waals surface area (Å²) in [5.41, 5.74) is 1.26. The van der Waals surface area contributed by atoms with E-state index in [1.54, 1.807) is 31.2 Å². The Morgan fingerprint density at radius 3 is 2.65 bits per heavy atom.